The summed E-state index contributed by atoms with van der Waals surface area (Å²) in [6.45, 7) is -1.10. The maximum atomic E-state index is 12.1. The molecule has 2 aromatic rings. The summed E-state index contributed by atoms with van der Waals surface area (Å²) in [4.78, 5) is 17.7. The van der Waals surface area contributed by atoms with E-state index in [1.54, 1.807) is 0 Å². The number of ether oxygens (including phenoxy) is 1. The molecule has 0 spiro atoms. The fourth-order valence-corrected chi connectivity index (χ4v) is 1.98. The van der Waals surface area contributed by atoms with E-state index in [2.05, 4.69) is 15.0 Å². The molecule has 0 saturated carbocycles. The molecule has 1 aromatic heterocycles. The number of rotatable bonds is 6. The third-order valence-electron chi connectivity index (χ3n) is 3.26. The van der Waals surface area contributed by atoms with Crippen LogP contribution in [0.1, 0.15) is 15.9 Å². The number of carbonyl (C=O) groups is 1. The average Bonchev–Trinajstić information content (AvgIpc) is 2.58. The molecule has 0 aliphatic rings. The van der Waals surface area contributed by atoms with Crippen molar-refractivity contribution < 1.29 is 22.7 Å². The van der Waals surface area contributed by atoms with Crippen molar-refractivity contribution in [2.75, 3.05) is 25.6 Å². The van der Waals surface area contributed by atoms with E-state index in [9.17, 15) is 18.0 Å². The van der Waals surface area contributed by atoms with Gasteiger partial charge in [0.1, 0.15) is 0 Å². The molecule has 0 atom stereocenters. The van der Waals surface area contributed by atoms with Crippen LogP contribution in [0.3, 0.4) is 0 Å². The molecule has 0 radical (unpaired) electrons. The molecule has 1 N–H and O–H groups in total. The molecule has 0 aliphatic heterocycles. The maximum Gasteiger partial charge on any atom is 0.422 e. The SMILES string of the molecule is CN(C)c1cccc(CNC(=O)c2ccc(OCC(F)(F)F)nc2)c1. The molecule has 25 heavy (non-hydrogen) atoms. The Hall–Kier alpha value is -2.77. The molecule has 5 nitrogen and oxygen atoms in total. The van der Waals surface area contributed by atoms with Crippen LogP contribution in [0.15, 0.2) is 42.6 Å². The number of anilines is 1. The van der Waals surface area contributed by atoms with E-state index in [0.717, 1.165) is 11.3 Å². The molecule has 2 rings (SSSR count). The van der Waals surface area contributed by atoms with Crippen molar-refractivity contribution >= 4 is 11.6 Å². The summed E-state index contributed by atoms with van der Waals surface area (Å²) < 4.78 is 40.7. The van der Waals surface area contributed by atoms with Gasteiger partial charge in [0.2, 0.25) is 5.88 Å². The molecule has 1 amide bonds. The van der Waals surface area contributed by atoms with Crippen LogP contribution in [0.5, 0.6) is 5.88 Å². The Morgan fingerprint density at radius 2 is 2.00 bits per heavy atom. The molecule has 1 aromatic carbocycles. The lowest BCUT2D eigenvalue weighted by Crippen LogP contribution is -2.23. The monoisotopic (exact) mass is 353 g/mol. The summed E-state index contributed by atoms with van der Waals surface area (Å²) in [5.74, 6) is -0.558. The van der Waals surface area contributed by atoms with Crippen molar-refractivity contribution in [2.24, 2.45) is 0 Å². The number of amides is 1. The molecule has 134 valence electrons. The van der Waals surface area contributed by atoms with Crippen molar-refractivity contribution in [1.29, 1.82) is 0 Å². The van der Waals surface area contributed by atoms with Gasteiger partial charge in [-0.25, -0.2) is 4.98 Å². The molecule has 0 unspecified atom stereocenters. The number of pyridine rings is 1. The lowest BCUT2D eigenvalue weighted by Gasteiger charge is -2.14. The van der Waals surface area contributed by atoms with Crippen LogP contribution in [0.2, 0.25) is 0 Å². The topological polar surface area (TPSA) is 54.5 Å². The summed E-state index contributed by atoms with van der Waals surface area (Å²) in [6.07, 6.45) is -3.25. The Labute approximate surface area is 143 Å². The fourth-order valence-electron chi connectivity index (χ4n) is 1.98. The first kappa shape index (κ1) is 18.6. The van der Waals surface area contributed by atoms with Gasteiger partial charge in [-0.15, -0.1) is 0 Å². The molecule has 0 saturated heterocycles. The van der Waals surface area contributed by atoms with Crippen LogP contribution in [-0.4, -0.2) is 37.8 Å². The second-order valence-electron chi connectivity index (χ2n) is 5.54. The second kappa shape index (κ2) is 7.87. The van der Waals surface area contributed by atoms with Gasteiger partial charge in [0.25, 0.3) is 5.91 Å². The van der Waals surface area contributed by atoms with Crippen LogP contribution in [-0.2, 0) is 6.54 Å². The molecular formula is C17H18F3N3O2. The zero-order chi connectivity index (χ0) is 18.4. The van der Waals surface area contributed by atoms with Gasteiger partial charge >= 0.3 is 6.18 Å². The molecular weight excluding hydrogens is 335 g/mol. The number of alkyl halides is 3. The van der Waals surface area contributed by atoms with Gasteiger partial charge in [0.15, 0.2) is 6.61 Å². The number of aromatic nitrogens is 1. The number of carbonyl (C=O) groups excluding carboxylic acids is 1. The Bertz CT molecular complexity index is 716. The van der Waals surface area contributed by atoms with E-state index in [4.69, 9.17) is 0 Å². The zero-order valence-electron chi connectivity index (χ0n) is 13.8. The highest BCUT2D eigenvalue weighted by molar-refractivity contribution is 5.93. The zero-order valence-corrected chi connectivity index (χ0v) is 13.8. The first-order valence-electron chi connectivity index (χ1n) is 7.45. The van der Waals surface area contributed by atoms with Crippen molar-refractivity contribution in [3.05, 3.63) is 53.7 Å². The molecule has 0 fully saturated rings. The van der Waals surface area contributed by atoms with E-state index in [1.807, 2.05) is 43.3 Å². The summed E-state index contributed by atoms with van der Waals surface area (Å²) in [7, 11) is 3.84. The van der Waals surface area contributed by atoms with E-state index in [-0.39, 0.29) is 17.4 Å². The molecule has 1 heterocycles. The number of nitrogens with zero attached hydrogens (tertiary/aromatic N) is 2. The smallest absolute Gasteiger partial charge is 0.422 e. The van der Waals surface area contributed by atoms with Crippen molar-refractivity contribution in [3.63, 3.8) is 0 Å². The fraction of sp³-hybridized carbons (Fsp3) is 0.294. The quantitative estimate of drug-likeness (QED) is 0.867. The first-order valence-corrected chi connectivity index (χ1v) is 7.45. The van der Waals surface area contributed by atoms with Crippen molar-refractivity contribution in [1.82, 2.24) is 10.3 Å². The molecule has 8 heteroatoms. The summed E-state index contributed by atoms with van der Waals surface area (Å²) in [6, 6.07) is 10.3. The van der Waals surface area contributed by atoms with Crippen molar-refractivity contribution in [2.45, 2.75) is 12.7 Å². The van der Waals surface area contributed by atoms with Gasteiger partial charge in [0, 0.05) is 38.6 Å². The van der Waals surface area contributed by atoms with Crippen LogP contribution < -0.4 is 15.0 Å². The largest absolute Gasteiger partial charge is 0.468 e. The standard InChI is InChI=1S/C17H18F3N3O2/c1-23(2)14-5-3-4-12(8-14)9-22-16(24)13-6-7-15(21-10-13)25-11-17(18,19)20/h3-8,10H,9,11H2,1-2H3,(H,22,24). The van der Waals surface area contributed by atoms with Gasteiger partial charge in [-0.05, 0) is 23.8 Å². The van der Waals surface area contributed by atoms with Gasteiger partial charge in [-0.2, -0.15) is 13.2 Å². The van der Waals surface area contributed by atoms with Crippen LogP contribution in [0.4, 0.5) is 18.9 Å². The van der Waals surface area contributed by atoms with E-state index in [1.165, 1.54) is 18.3 Å². The third-order valence-corrected chi connectivity index (χ3v) is 3.26. The van der Waals surface area contributed by atoms with Gasteiger partial charge in [-0.1, -0.05) is 12.1 Å². The van der Waals surface area contributed by atoms with Gasteiger partial charge in [-0.3, -0.25) is 4.79 Å². The minimum atomic E-state index is -4.43. The number of hydrogen-bond donors (Lipinski definition) is 1. The molecule has 0 bridgehead atoms. The molecule has 0 aliphatic carbocycles. The van der Waals surface area contributed by atoms with E-state index < -0.39 is 12.8 Å². The number of hydrogen-bond acceptors (Lipinski definition) is 4. The minimum absolute atomic E-state index is 0.187. The summed E-state index contributed by atoms with van der Waals surface area (Å²) in [5, 5.41) is 2.74. The maximum absolute atomic E-state index is 12.1. The minimum Gasteiger partial charge on any atom is -0.468 e. The first-order chi connectivity index (χ1) is 11.7. The van der Waals surface area contributed by atoms with E-state index in [0.29, 0.717) is 6.54 Å². The van der Waals surface area contributed by atoms with Crippen LogP contribution >= 0.6 is 0 Å². The third kappa shape index (κ3) is 5.98. The van der Waals surface area contributed by atoms with Crippen molar-refractivity contribution in [3.8, 4) is 5.88 Å². The van der Waals surface area contributed by atoms with Gasteiger partial charge in [0.05, 0.1) is 5.56 Å². The highest BCUT2D eigenvalue weighted by Gasteiger charge is 2.28. The second-order valence-corrected chi connectivity index (χ2v) is 5.54. The average molecular weight is 353 g/mol. The Kier molecular flexibility index (Phi) is 5.84. The number of benzene rings is 1. The normalized spacial score (nSPS) is 11.1. The Balaban J connectivity index is 1.91. The highest BCUT2D eigenvalue weighted by atomic mass is 19.4. The van der Waals surface area contributed by atoms with E-state index >= 15 is 0 Å². The Morgan fingerprint density at radius 3 is 2.60 bits per heavy atom. The summed E-state index contributed by atoms with van der Waals surface area (Å²) >= 11 is 0. The lowest BCUT2D eigenvalue weighted by molar-refractivity contribution is -0.154. The van der Waals surface area contributed by atoms with Crippen LogP contribution in [0.25, 0.3) is 0 Å². The highest BCUT2D eigenvalue weighted by Crippen LogP contribution is 2.17. The Morgan fingerprint density at radius 1 is 1.24 bits per heavy atom. The number of halogens is 3. The number of nitrogens with one attached hydrogen (secondary N) is 1. The predicted octanol–water partition coefficient (Wildman–Crippen LogP) is 3.02. The van der Waals surface area contributed by atoms with Crippen LogP contribution in [0, 0.1) is 0 Å². The summed E-state index contributed by atoms with van der Waals surface area (Å²) in [5.41, 5.74) is 2.18. The lowest BCUT2D eigenvalue weighted by atomic mass is 10.2. The van der Waals surface area contributed by atoms with Gasteiger partial charge < -0.3 is 15.0 Å². The predicted molar refractivity (Wildman–Crippen MR) is 87.7 cm³/mol.